The number of piperidine rings is 1. The number of thiocarbonyl (C=S) groups is 1. The van der Waals surface area contributed by atoms with Crippen molar-refractivity contribution in [3.63, 3.8) is 0 Å². The second-order valence-electron chi connectivity index (χ2n) is 5.46. The lowest BCUT2D eigenvalue weighted by atomic mass is 10.0. The maximum atomic E-state index is 5.90. The molecule has 0 aliphatic carbocycles. The third-order valence-corrected chi connectivity index (χ3v) is 5.67. The first kappa shape index (κ1) is 13.4. The Morgan fingerprint density at radius 2 is 2.21 bits per heavy atom. The molecule has 0 amide bonds. The lowest BCUT2D eigenvalue weighted by molar-refractivity contribution is 0.194. The van der Waals surface area contributed by atoms with Gasteiger partial charge in [0, 0.05) is 16.7 Å². The highest BCUT2D eigenvalue weighted by molar-refractivity contribution is 8.00. The van der Waals surface area contributed by atoms with Crippen LogP contribution < -0.4 is 5.73 Å². The van der Waals surface area contributed by atoms with Gasteiger partial charge in [-0.3, -0.25) is 4.90 Å². The Balaban J connectivity index is 1.64. The van der Waals surface area contributed by atoms with E-state index in [0.717, 1.165) is 19.5 Å². The zero-order valence-electron chi connectivity index (χ0n) is 11.0. The van der Waals surface area contributed by atoms with Crippen LogP contribution in [0.2, 0.25) is 0 Å². The van der Waals surface area contributed by atoms with Crippen molar-refractivity contribution in [2.75, 3.05) is 13.1 Å². The second kappa shape index (κ2) is 5.81. The molecule has 2 unspecified atom stereocenters. The van der Waals surface area contributed by atoms with E-state index in [1.54, 1.807) is 0 Å². The quantitative estimate of drug-likeness (QED) is 0.868. The van der Waals surface area contributed by atoms with Crippen molar-refractivity contribution in [3.05, 3.63) is 29.8 Å². The number of hydrogen-bond donors (Lipinski definition) is 1. The lowest BCUT2D eigenvalue weighted by Gasteiger charge is -2.36. The molecule has 0 spiro atoms. The van der Waals surface area contributed by atoms with Crippen molar-refractivity contribution >= 4 is 29.0 Å². The van der Waals surface area contributed by atoms with Crippen molar-refractivity contribution in [3.8, 4) is 0 Å². The van der Waals surface area contributed by atoms with Gasteiger partial charge in [0.05, 0.1) is 11.0 Å². The number of thioether (sulfide) groups is 1. The summed E-state index contributed by atoms with van der Waals surface area (Å²) in [5.41, 5.74) is 7.40. The van der Waals surface area contributed by atoms with Crippen LogP contribution in [0.25, 0.3) is 0 Å². The Hall–Kier alpha value is -0.580. The molecule has 1 saturated heterocycles. The van der Waals surface area contributed by atoms with Crippen LogP contribution in [0, 0.1) is 0 Å². The van der Waals surface area contributed by atoms with Crippen LogP contribution in [-0.2, 0) is 6.42 Å². The molecular weight excluding hydrogens is 272 g/mol. The van der Waals surface area contributed by atoms with E-state index in [1.807, 2.05) is 11.8 Å². The number of fused-ring (bicyclic) bond motifs is 1. The third kappa shape index (κ3) is 2.96. The molecule has 4 heteroatoms. The van der Waals surface area contributed by atoms with Gasteiger partial charge in [0.25, 0.3) is 0 Å². The molecule has 2 aliphatic heterocycles. The van der Waals surface area contributed by atoms with E-state index in [9.17, 15) is 0 Å². The van der Waals surface area contributed by atoms with Gasteiger partial charge in [0.15, 0.2) is 0 Å². The molecule has 3 rings (SSSR count). The summed E-state index contributed by atoms with van der Waals surface area (Å²) in [6.07, 6.45) is 4.86. The Morgan fingerprint density at radius 3 is 3.00 bits per heavy atom. The minimum Gasteiger partial charge on any atom is -0.392 e. The molecule has 2 heterocycles. The molecule has 0 radical (unpaired) electrons. The van der Waals surface area contributed by atoms with Crippen LogP contribution >= 0.6 is 24.0 Å². The van der Waals surface area contributed by atoms with Crippen LogP contribution in [0.15, 0.2) is 29.2 Å². The second-order valence-corrected chi connectivity index (χ2v) is 7.27. The Labute approximate surface area is 124 Å². The first-order chi connectivity index (χ1) is 9.24. The maximum Gasteiger partial charge on any atom is 0.0902 e. The van der Waals surface area contributed by atoms with Crippen LogP contribution in [0.4, 0.5) is 0 Å². The number of likely N-dealkylation sites (tertiary alicyclic amines) is 1. The van der Waals surface area contributed by atoms with Gasteiger partial charge in [-0.1, -0.05) is 36.8 Å². The molecule has 0 aromatic heterocycles. The Bertz CT molecular complexity index is 450. The molecule has 19 heavy (non-hydrogen) atoms. The monoisotopic (exact) mass is 292 g/mol. The first-order valence-corrected chi connectivity index (χ1v) is 8.31. The summed E-state index contributed by atoms with van der Waals surface area (Å²) >= 11 is 7.25. The average molecular weight is 292 g/mol. The van der Waals surface area contributed by atoms with Crippen molar-refractivity contribution in [2.24, 2.45) is 5.73 Å². The topological polar surface area (TPSA) is 29.3 Å². The van der Waals surface area contributed by atoms with E-state index in [1.165, 1.54) is 29.7 Å². The zero-order valence-corrected chi connectivity index (χ0v) is 12.7. The fraction of sp³-hybridized carbons (Fsp3) is 0.533. The van der Waals surface area contributed by atoms with E-state index in [2.05, 4.69) is 29.2 Å². The van der Waals surface area contributed by atoms with E-state index in [0.29, 0.717) is 16.3 Å². The predicted octanol–water partition coefficient (Wildman–Crippen LogP) is 2.84. The minimum atomic E-state index is 0.327. The molecule has 2 nitrogen and oxygen atoms in total. The standard InChI is InChI=1S/C15H20N2S2/c16-15(18)13-6-3-4-8-17(13)10-12-9-11-5-1-2-7-14(11)19-12/h1-2,5,7,12-13H,3-4,6,8-10H2,(H2,16,18). The number of rotatable bonds is 3. The first-order valence-electron chi connectivity index (χ1n) is 7.02. The largest absolute Gasteiger partial charge is 0.392 e. The number of hydrogen-bond acceptors (Lipinski definition) is 3. The van der Waals surface area contributed by atoms with Crippen molar-refractivity contribution in [1.82, 2.24) is 4.90 Å². The van der Waals surface area contributed by atoms with Gasteiger partial charge >= 0.3 is 0 Å². The van der Waals surface area contributed by atoms with Gasteiger partial charge in [-0.15, -0.1) is 11.8 Å². The highest BCUT2D eigenvalue weighted by Crippen LogP contribution is 2.37. The molecule has 102 valence electrons. The van der Waals surface area contributed by atoms with Gasteiger partial charge in [-0.25, -0.2) is 0 Å². The van der Waals surface area contributed by atoms with Crippen molar-refractivity contribution < 1.29 is 0 Å². The summed E-state index contributed by atoms with van der Waals surface area (Å²) in [6.45, 7) is 2.26. The van der Waals surface area contributed by atoms with E-state index >= 15 is 0 Å². The smallest absolute Gasteiger partial charge is 0.0902 e. The van der Waals surface area contributed by atoms with Crippen molar-refractivity contribution in [2.45, 2.75) is 41.9 Å². The summed E-state index contributed by atoms with van der Waals surface area (Å²) in [5.74, 6) is 0. The molecule has 2 N–H and O–H groups in total. The van der Waals surface area contributed by atoms with Crippen LogP contribution in [0.5, 0.6) is 0 Å². The summed E-state index contributed by atoms with van der Waals surface area (Å²) in [5, 5.41) is 0.660. The minimum absolute atomic E-state index is 0.327. The van der Waals surface area contributed by atoms with Gasteiger partial charge in [-0.2, -0.15) is 0 Å². The number of nitrogens with zero attached hydrogens (tertiary/aromatic N) is 1. The maximum absolute atomic E-state index is 5.90. The van der Waals surface area contributed by atoms with Gasteiger partial charge < -0.3 is 5.73 Å². The summed E-state index contributed by atoms with van der Waals surface area (Å²) in [7, 11) is 0. The van der Waals surface area contributed by atoms with Crippen LogP contribution in [-0.4, -0.2) is 34.3 Å². The summed E-state index contributed by atoms with van der Waals surface area (Å²) in [6, 6.07) is 9.09. The summed E-state index contributed by atoms with van der Waals surface area (Å²) < 4.78 is 0. The predicted molar refractivity (Wildman–Crippen MR) is 85.8 cm³/mol. The SMILES string of the molecule is NC(=S)C1CCCCN1CC1Cc2ccccc2S1. The number of nitrogens with two attached hydrogens (primary N) is 1. The molecule has 2 atom stereocenters. The Morgan fingerprint density at radius 1 is 1.37 bits per heavy atom. The molecule has 1 fully saturated rings. The van der Waals surface area contributed by atoms with E-state index in [-0.39, 0.29) is 0 Å². The fourth-order valence-electron chi connectivity index (χ4n) is 3.15. The van der Waals surface area contributed by atoms with E-state index in [4.69, 9.17) is 18.0 Å². The average Bonchev–Trinajstić information content (AvgIpc) is 2.81. The molecule has 0 bridgehead atoms. The van der Waals surface area contributed by atoms with Crippen molar-refractivity contribution in [1.29, 1.82) is 0 Å². The molecule has 2 aliphatic rings. The van der Waals surface area contributed by atoms with Gasteiger partial charge in [-0.05, 0) is 37.4 Å². The third-order valence-electron chi connectivity index (χ3n) is 4.09. The molecule has 1 aromatic carbocycles. The molecule has 1 aromatic rings. The fourth-order valence-corrected chi connectivity index (χ4v) is 4.76. The van der Waals surface area contributed by atoms with Gasteiger partial charge in [0.2, 0.25) is 0 Å². The van der Waals surface area contributed by atoms with Crippen LogP contribution in [0.1, 0.15) is 24.8 Å². The molecule has 0 saturated carbocycles. The van der Waals surface area contributed by atoms with Gasteiger partial charge in [0.1, 0.15) is 0 Å². The highest BCUT2D eigenvalue weighted by Gasteiger charge is 2.29. The molecular formula is C15H20N2S2. The normalized spacial score (nSPS) is 27.2. The van der Waals surface area contributed by atoms with Crippen LogP contribution in [0.3, 0.4) is 0 Å². The Kier molecular flexibility index (Phi) is 4.10. The number of benzene rings is 1. The zero-order chi connectivity index (χ0) is 13.2. The van der Waals surface area contributed by atoms with E-state index < -0.39 is 0 Å². The lowest BCUT2D eigenvalue weighted by Crippen LogP contribution is -2.49. The summed E-state index contributed by atoms with van der Waals surface area (Å²) in [4.78, 5) is 4.65. The highest BCUT2D eigenvalue weighted by atomic mass is 32.2.